The molecule has 2 rings (SSSR count). The molecule has 1 N–H and O–H groups in total. The molecule has 0 amide bonds. The Morgan fingerprint density at radius 2 is 2.00 bits per heavy atom. The molecule has 0 spiro atoms. The highest BCUT2D eigenvalue weighted by Crippen LogP contribution is 2.30. The topological polar surface area (TPSA) is 24.9 Å². The lowest BCUT2D eigenvalue weighted by molar-refractivity contribution is 0.637. The van der Waals surface area contributed by atoms with Crippen LogP contribution in [0.25, 0.3) is 10.9 Å². The van der Waals surface area contributed by atoms with Crippen LogP contribution in [0.15, 0.2) is 22.7 Å². The first-order chi connectivity index (χ1) is 9.01. The largest absolute Gasteiger partial charge is 0.385 e. The molecule has 0 unspecified atom stereocenters. The highest BCUT2D eigenvalue weighted by atomic mass is 79.9. The van der Waals surface area contributed by atoms with Crippen LogP contribution in [0.5, 0.6) is 0 Å². The summed E-state index contributed by atoms with van der Waals surface area (Å²) in [6.07, 6.45) is 1.01. The lowest BCUT2D eigenvalue weighted by Gasteiger charge is -2.13. The van der Waals surface area contributed by atoms with Crippen molar-refractivity contribution in [3.05, 3.63) is 33.9 Å². The number of hydrogen-bond acceptors (Lipinski definition) is 2. The second-order valence-corrected chi connectivity index (χ2v) is 6.29. The molecule has 0 saturated heterocycles. The number of nitrogens with one attached hydrogen (secondary N) is 1. The van der Waals surface area contributed by atoms with E-state index in [2.05, 4.69) is 67.1 Å². The number of aromatic nitrogens is 1. The van der Waals surface area contributed by atoms with Gasteiger partial charge >= 0.3 is 0 Å². The summed E-state index contributed by atoms with van der Waals surface area (Å²) in [5, 5.41) is 4.65. The van der Waals surface area contributed by atoms with E-state index in [1.165, 1.54) is 16.6 Å². The van der Waals surface area contributed by atoms with E-state index in [1.54, 1.807) is 0 Å². The maximum absolute atomic E-state index is 4.81. The minimum Gasteiger partial charge on any atom is -0.385 e. The van der Waals surface area contributed by atoms with Crippen molar-refractivity contribution >= 4 is 32.5 Å². The Kier molecular flexibility index (Phi) is 4.46. The smallest absolute Gasteiger partial charge is 0.0868 e. The number of anilines is 1. The first kappa shape index (κ1) is 14.3. The third-order valence-electron chi connectivity index (χ3n) is 3.05. The van der Waals surface area contributed by atoms with Crippen LogP contribution < -0.4 is 5.32 Å². The third-order valence-corrected chi connectivity index (χ3v) is 3.65. The van der Waals surface area contributed by atoms with Gasteiger partial charge in [0.05, 0.1) is 5.52 Å². The first-order valence-electron chi connectivity index (χ1n) is 6.85. The standard InChI is InChI=1S/C16H21BrN2/c1-5-18-15-9-12(6-10(2)3)19-16-13(15)7-11(4)8-14(16)17/h7-10H,5-6H2,1-4H3,(H,18,19). The van der Waals surface area contributed by atoms with E-state index < -0.39 is 0 Å². The van der Waals surface area contributed by atoms with Gasteiger partial charge in [0.1, 0.15) is 0 Å². The first-order valence-corrected chi connectivity index (χ1v) is 7.64. The molecule has 0 radical (unpaired) electrons. The molecule has 1 aromatic carbocycles. The van der Waals surface area contributed by atoms with Crippen LogP contribution in [0.3, 0.4) is 0 Å². The summed E-state index contributed by atoms with van der Waals surface area (Å²) in [4.78, 5) is 4.81. The molecule has 0 aliphatic carbocycles. The van der Waals surface area contributed by atoms with Crippen molar-refractivity contribution in [3.8, 4) is 0 Å². The number of halogens is 1. The van der Waals surface area contributed by atoms with Crippen LogP contribution in [0.2, 0.25) is 0 Å². The summed E-state index contributed by atoms with van der Waals surface area (Å²) in [7, 11) is 0. The summed E-state index contributed by atoms with van der Waals surface area (Å²) in [5.74, 6) is 0.614. The van der Waals surface area contributed by atoms with Crippen LogP contribution in [0.1, 0.15) is 32.0 Å². The Morgan fingerprint density at radius 3 is 2.63 bits per heavy atom. The molecule has 0 aliphatic rings. The zero-order valence-electron chi connectivity index (χ0n) is 12.0. The fraction of sp³-hybridized carbons (Fsp3) is 0.438. The normalized spacial score (nSPS) is 11.3. The Labute approximate surface area is 123 Å². The van der Waals surface area contributed by atoms with Crippen LogP contribution in [0, 0.1) is 12.8 Å². The Bertz CT molecular complexity index is 591. The average molecular weight is 321 g/mol. The summed E-state index contributed by atoms with van der Waals surface area (Å²) < 4.78 is 1.08. The van der Waals surface area contributed by atoms with Gasteiger partial charge in [-0.3, -0.25) is 4.98 Å². The van der Waals surface area contributed by atoms with Crippen LogP contribution in [-0.4, -0.2) is 11.5 Å². The fourth-order valence-corrected chi connectivity index (χ4v) is 3.00. The highest BCUT2D eigenvalue weighted by molar-refractivity contribution is 9.10. The molecule has 3 heteroatoms. The van der Waals surface area contributed by atoms with Gasteiger partial charge in [-0.05, 0) is 65.9 Å². The van der Waals surface area contributed by atoms with E-state index in [1.807, 2.05) is 0 Å². The zero-order chi connectivity index (χ0) is 14.0. The second-order valence-electron chi connectivity index (χ2n) is 5.43. The molecule has 102 valence electrons. The fourth-order valence-electron chi connectivity index (χ4n) is 2.33. The maximum Gasteiger partial charge on any atom is 0.0868 e. The summed E-state index contributed by atoms with van der Waals surface area (Å²) in [5.41, 5.74) is 4.65. The van der Waals surface area contributed by atoms with E-state index in [9.17, 15) is 0 Å². The van der Waals surface area contributed by atoms with E-state index in [0.29, 0.717) is 5.92 Å². The van der Waals surface area contributed by atoms with Gasteiger partial charge in [-0.2, -0.15) is 0 Å². The predicted molar refractivity (Wildman–Crippen MR) is 86.9 cm³/mol. The van der Waals surface area contributed by atoms with Crippen molar-refractivity contribution in [3.63, 3.8) is 0 Å². The number of hydrogen-bond donors (Lipinski definition) is 1. The van der Waals surface area contributed by atoms with Gasteiger partial charge in [-0.15, -0.1) is 0 Å². The molecule has 0 bridgehead atoms. The van der Waals surface area contributed by atoms with Crippen LogP contribution >= 0.6 is 15.9 Å². The quantitative estimate of drug-likeness (QED) is 0.863. The average Bonchev–Trinajstić information content (AvgIpc) is 2.30. The summed E-state index contributed by atoms with van der Waals surface area (Å²) in [6, 6.07) is 6.52. The van der Waals surface area contributed by atoms with Gasteiger partial charge in [-0.25, -0.2) is 0 Å². The number of nitrogens with zero attached hydrogens (tertiary/aromatic N) is 1. The lowest BCUT2D eigenvalue weighted by atomic mass is 10.0. The van der Waals surface area contributed by atoms with E-state index in [4.69, 9.17) is 4.98 Å². The molecule has 1 aromatic heterocycles. The number of aryl methyl sites for hydroxylation is 1. The SMILES string of the molecule is CCNc1cc(CC(C)C)nc2c(Br)cc(C)cc12. The van der Waals surface area contributed by atoms with Gasteiger partial charge in [-0.1, -0.05) is 13.8 Å². The van der Waals surface area contributed by atoms with Gasteiger partial charge < -0.3 is 5.32 Å². The lowest BCUT2D eigenvalue weighted by Crippen LogP contribution is -2.03. The van der Waals surface area contributed by atoms with Crippen molar-refractivity contribution in [1.29, 1.82) is 0 Å². The zero-order valence-corrected chi connectivity index (χ0v) is 13.6. The second kappa shape index (κ2) is 5.91. The molecule has 0 aliphatic heterocycles. The van der Waals surface area contributed by atoms with Crippen molar-refractivity contribution in [2.45, 2.75) is 34.1 Å². The van der Waals surface area contributed by atoms with Crippen molar-refractivity contribution in [2.75, 3.05) is 11.9 Å². The minimum atomic E-state index is 0.614. The molecule has 19 heavy (non-hydrogen) atoms. The van der Waals surface area contributed by atoms with E-state index in [-0.39, 0.29) is 0 Å². The molecule has 2 nitrogen and oxygen atoms in total. The monoisotopic (exact) mass is 320 g/mol. The minimum absolute atomic E-state index is 0.614. The summed E-state index contributed by atoms with van der Waals surface area (Å²) >= 11 is 3.64. The number of rotatable bonds is 4. The maximum atomic E-state index is 4.81. The molecule has 2 aromatic rings. The van der Waals surface area contributed by atoms with E-state index >= 15 is 0 Å². The van der Waals surface area contributed by atoms with Crippen molar-refractivity contribution < 1.29 is 0 Å². The number of pyridine rings is 1. The van der Waals surface area contributed by atoms with Gasteiger partial charge in [0.25, 0.3) is 0 Å². The van der Waals surface area contributed by atoms with Gasteiger partial charge in [0, 0.05) is 27.8 Å². The number of fused-ring (bicyclic) bond motifs is 1. The van der Waals surface area contributed by atoms with Crippen LogP contribution in [-0.2, 0) is 6.42 Å². The Balaban J connectivity index is 2.64. The molecule has 0 atom stereocenters. The molecule has 0 saturated carbocycles. The number of benzene rings is 1. The highest BCUT2D eigenvalue weighted by Gasteiger charge is 2.10. The molecular weight excluding hydrogens is 300 g/mol. The Hall–Kier alpha value is -1.09. The molecule has 1 heterocycles. The molecular formula is C16H21BrN2. The van der Waals surface area contributed by atoms with Crippen molar-refractivity contribution in [2.24, 2.45) is 5.92 Å². The van der Waals surface area contributed by atoms with Crippen molar-refractivity contribution in [1.82, 2.24) is 4.98 Å². The third kappa shape index (κ3) is 3.27. The van der Waals surface area contributed by atoms with Crippen LogP contribution in [0.4, 0.5) is 5.69 Å². The van der Waals surface area contributed by atoms with Gasteiger partial charge in [0.2, 0.25) is 0 Å². The van der Waals surface area contributed by atoms with E-state index in [0.717, 1.165) is 28.6 Å². The predicted octanol–water partition coefficient (Wildman–Crippen LogP) is 4.94. The Morgan fingerprint density at radius 1 is 1.26 bits per heavy atom. The van der Waals surface area contributed by atoms with Gasteiger partial charge in [0.15, 0.2) is 0 Å². The molecule has 0 fully saturated rings. The summed E-state index contributed by atoms with van der Waals surface area (Å²) in [6.45, 7) is 9.61.